The number of rotatable bonds is 13. The van der Waals surface area contributed by atoms with Gasteiger partial charge in [0.2, 0.25) is 0 Å². The van der Waals surface area contributed by atoms with E-state index in [9.17, 15) is 9.90 Å². The average Bonchev–Trinajstić information content (AvgIpc) is 2.70. The molecule has 1 amide bonds. The number of hydrogen-bond donors (Lipinski definition) is 3. The van der Waals surface area contributed by atoms with E-state index >= 15 is 0 Å². The first-order chi connectivity index (χ1) is 13.6. The zero-order valence-corrected chi connectivity index (χ0v) is 16.0. The van der Waals surface area contributed by atoms with Gasteiger partial charge in [-0.1, -0.05) is 42.5 Å². The number of aliphatic hydroxyl groups excluding tert-OH is 1. The van der Waals surface area contributed by atoms with Gasteiger partial charge in [0.15, 0.2) is 0 Å². The lowest BCUT2D eigenvalue weighted by atomic mass is 10.1. The molecule has 0 heterocycles. The summed E-state index contributed by atoms with van der Waals surface area (Å²) in [4.78, 5) is 10.4. The van der Waals surface area contributed by atoms with Crippen molar-refractivity contribution in [2.45, 2.75) is 38.4 Å². The van der Waals surface area contributed by atoms with Crippen molar-refractivity contribution in [2.75, 3.05) is 19.8 Å². The molecule has 0 saturated carbocycles. The summed E-state index contributed by atoms with van der Waals surface area (Å²) in [6.07, 6.45) is 1.46. The summed E-state index contributed by atoms with van der Waals surface area (Å²) in [7, 11) is 0. The van der Waals surface area contributed by atoms with Gasteiger partial charge in [-0.05, 0) is 48.9 Å². The molecule has 0 aromatic heterocycles. The van der Waals surface area contributed by atoms with Gasteiger partial charge < -0.3 is 25.0 Å². The molecule has 1 unspecified atom stereocenters. The van der Waals surface area contributed by atoms with E-state index in [0.717, 1.165) is 31.4 Å². The Morgan fingerprint density at radius 3 is 2.57 bits per heavy atom. The Bertz CT molecular complexity index is 692. The topological polar surface area (TPSA) is 88.0 Å². The van der Waals surface area contributed by atoms with Crippen molar-refractivity contribution in [3.05, 3.63) is 65.7 Å². The van der Waals surface area contributed by atoms with Gasteiger partial charge in [-0.25, -0.2) is 4.79 Å². The minimum absolute atomic E-state index is 0.202. The van der Waals surface area contributed by atoms with Gasteiger partial charge in [-0.15, -0.1) is 0 Å². The third-order valence-corrected chi connectivity index (χ3v) is 4.25. The van der Waals surface area contributed by atoms with E-state index in [2.05, 4.69) is 17.4 Å². The van der Waals surface area contributed by atoms with Crippen molar-refractivity contribution < 1.29 is 24.5 Å². The largest absolute Gasteiger partial charge is 0.494 e. The lowest BCUT2D eigenvalue weighted by Crippen LogP contribution is -2.23. The Labute approximate surface area is 166 Å². The molecule has 0 aliphatic rings. The fourth-order valence-electron chi connectivity index (χ4n) is 2.73. The molecule has 2 aromatic rings. The molecular weight excluding hydrogens is 358 g/mol. The number of benzene rings is 2. The van der Waals surface area contributed by atoms with Gasteiger partial charge in [-0.2, -0.15) is 0 Å². The minimum atomic E-state index is -1.09. The van der Waals surface area contributed by atoms with Crippen LogP contribution < -0.4 is 10.1 Å². The van der Waals surface area contributed by atoms with Crippen LogP contribution in [0.1, 0.15) is 42.9 Å². The van der Waals surface area contributed by atoms with Crippen LogP contribution in [0.5, 0.6) is 5.75 Å². The Kier molecular flexibility index (Phi) is 9.89. The zero-order chi connectivity index (χ0) is 20.0. The molecule has 0 aliphatic heterocycles. The number of aliphatic hydroxyl groups is 1. The van der Waals surface area contributed by atoms with Gasteiger partial charge in [0, 0.05) is 13.2 Å². The van der Waals surface area contributed by atoms with Gasteiger partial charge in [-0.3, -0.25) is 0 Å². The second kappa shape index (κ2) is 12.8. The number of ether oxygens (including phenoxy) is 2. The van der Waals surface area contributed by atoms with Crippen LogP contribution in [0.3, 0.4) is 0 Å². The predicted octanol–water partition coefficient (Wildman–Crippen LogP) is 4.14. The molecule has 3 N–H and O–H groups in total. The molecule has 28 heavy (non-hydrogen) atoms. The third kappa shape index (κ3) is 8.88. The molecule has 0 fully saturated rings. The quantitative estimate of drug-likeness (QED) is 0.450. The van der Waals surface area contributed by atoms with Crippen LogP contribution in [0.15, 0.2) is 54.6 Å². The lowest BCUT2D eigenvalue weighted by Gasteiger charge is -2.13. The average molecular weight is 387 g/mol. The summed E-state index contributed by atoms with van der Waals surface area (Å²) < 4.78 is 11.4. The number of hydrogen-bond acceptors (Lipinski definition) is 4. The zero-order valence-electron chi connectivity index (χ0n) is 16.0. The van der Waals surface area contributed by atoms with E-state index in [1.165, 1.54) is 5.56 Å². The highest BCUT2D eigenvalue weighted by Gasteiger charge is 2.09. The third-order valence-electron chi connectivity index (χ3n) is 4.25. The summed E-state index contributed by atoms with van der Waals surface area (Å²) in [6.45, 7) is 2.20. The van der Waals surface area contributed by atoms with E-state index in [1.54, 1.807) is 6.07 Å². The van der Waals surface area contributed by atoms with Crippen LogP contribution in [0.4, 0.5) is 4.79 Å². The maximum Gasteiger partial charge on any atom is 0.404 e. The number of carbonyl (C=O) groups is 1. The first-order valence-corrected chi connectivity index (χ1v) is 9.64. The maximum absolute atomic E-state index is 10.4. The SMILES string of the molecule is O=C(O)NCCC(O)c1cccc(OCCCCCOCc2ccccc2)c1. The molecule has 6 nitrogen and oxygen atoms in total. The maximum atomic E-state index is 10.4. The summed E-state index contributed by atoms with van der Waals surface area (Å²) in [6, 6.07) is 17.4. The van der Waals surface area contributed by atoms with E-state index in [-0.39, 0.29) is 6.54 Å². The van der Waals surface area contributed by atoms with Crippen molar-refractivity contribution >= 4 is 6.09 Å². The molecule has 1 atom stereocenters. The summed E-state index contributed by atoms with van der Waals surface area (Å²) in [5.41, 5.74) is 1.91. The molecule has 2 rings (SSSR count). The molecule has 0 aliphatic carbocycles. The first-order valence-electron chi connectivity index (χ1n) is 9.64. The smallest absolute Gasteiger partial charge is 0.404 e. The fourth-order valence-corrected chi connectivity index (χ4v) is 2.73. The van der Waals surface area contributed by atoms with Crippen molar-refractivity contribution in [3.8, 4) is 5.75 Å². The van der Waals surface area contributed by atoms with Crippen LogP contribution in [-0.2, 0) is 11.3 Å². The highest BCUT2D eigenvalue weighted by molar-refractivity contribution is 5.64. The summed E-state index contributed by atoms with van der Waals surface area (Å²) in [5.74, 6) is 0.711. The normalized spacial score (nSPS) is 11.8. The van der Waals surface area contributed by atoms with Gasteiger partial charge in [0.1, 0.15) is 5.75 Å². The Balaban J connectivity index is 1.56. The van der Waals surface area contributed by atoms with Gasteiger partial charge in [0.05, 0.1) is 19.3 Å². The number of amides is 1. The van der Waals surface area contributed by atoms with Gasteiger partial charge in [0.25, 0.3) is 0 Å². The van der Waals surface area contributed by atoms with E-state index < -0.39 is 12.2 Å². The molecule has 6 heteroatoms. The molecule has 0 radical (unpaired) electrons. The standard InChI is InChI=1S/C22H29NO5/c24-21(12-13-23-22(25)26)19-10-7-11-20(16-19)28-15-6-2-5-14-27-17-18-8-3-1-4-9-18/h1,3-4,7-11,16,21,23-24H,2,5-6,12-15,17H2,(H,25,26). The molecule has 0 spiro atoms. The minimum Gasteiger partial charge on any atom is -0.494 e. The van der Waals surface area contributed by atoms with Crippen LogP contribution in [-0.4, -0.2) is 36.1 Å². The van der Waals surface area contributed by atoms with E-state index in [1.807, 2.05) is 36.4 Å². The number of nitrogens with one attached hydrogen (secondary N) is 1. The molecular formula is C22H29NO5. The molecule has 152 valence electrons. The summed E-state index contributed by atoms with van der Waals surface area (Å²) >= 11 is 0. The van der Waals surface area contributed by atoms with Crippen LogP contribution >= 0.6 is 0 Å². The molecule has 0 saturated heterocycles. The highest BCUT2D eigenvalue weighted by atomic mass is 16.5. The van der Waals surface area contributed by atoms with Crippen LogP contribution in [0.25, 0.3) is 0 Å². The van der Waals surface area contributed by atoms with E-state index in [0.29, 0.717) is 25.4 Å². The number of carboxylic acid groups (broad SMARTS) is 1. The van der Waals surface area contributed by atoms with Crippen LogP contribution in [0, 0.1) is 0 Å². The van der Waals surface area contributed by atoms with Gasteiger partial charge >= 0.3 is 6.09 Å². The molecule has 2 aromatic carbocycles. The second-order valence-electron chi connectivity index (χ2n) is 6.56. The lowest BCUT2D eigenvalue weighted by molar-refractivity contribution is 0.116. The Morgan fingerprint density at radius 2 is 1.79 bits per heavy atom. The van der Waals surface area contributed by atoms with E-state index in [4.69, 9.17) is 14.6 Å². The first kappa shape index (κ1) is 21.7. The number of unbranched alkanes of at least 4 members (excludes halogenated alkanes) is 2. The van der Waals surface area contributed by atoms with Crippen LogP contribution in [0.2, 0.25) is 0 Å². The van der Waals surface area contributed by atoms with Crippen molar-refractivity contribution in [2.24, 2.45) is 0 Å². The van der Waals surface area contributed by atoms with Crippen molar-refractivity contribution in [3.63, 3.8) is 0 Å². The predicted molar refractivity (Wildman–Crippen MR) is 107 cm³/mol. The fraction of sp³-hybridized carbons (Fsp3) is 0.409. The summed E-state index contributed by atoms with van der Waals surface area (Å²) in [5, 5.41) is 20.9. The second-order valence-corrected chi connectivity index (χ2v) is 6.56. The monoisotopic (exact) mass is 387 g/mol. The Morgan fingerprint density at radius 1 is 1.00 bits per heavy atom. The highest BCUT2D eigenvalue weighted by Crippen LogP contribution is 2.21. The van der Waals surface area contributed by atoms with Crippen molar-refractivity contribution in [1.29, 1.82) is 0 Å². The molecule has 0 bridgehead atoms. The van der Waals surface area contributed by atoms with Crippen molar-refractivity contribution in [1.82, 2.24) is 5.32 Å². The Hall–Kier alpha value is -2.57.